The highest BCUT2D eigenvalue weighted by Crippen LogP contribution is 2.64. The highest BCUT2D eigenvalue weighted by molar-refractivity contribution is 6.00. The zero-order valence-corrected chi connectivity index (χ0v) is 46.4. The van der Waals surface area contributed by atoms with Crippen LogP contribution in [-0.2, 0) is 5.41 Å². The first-order valence-electron chi connectivity index (χ1n) is 29.1. The van der Waals surface area contributed by atoms with E-state index in [9.17, 15) is 0 Å². The van der Waals surface area contributed by atoms with E-state index in [-0.39, 0.29) is 0 Å². The van der Waals surface area contributed by atoms with Crippen LogP contribution in [0, 0.1) is 0 Å². The Labute approximate surface area is 495 Å². The molecular formula is C82H53N3. The molecule has 0 saturated carbocycles. The molecule has 0 N–H and O–H groups in total. The maximum atomic E-state index is 5.52. The van der Waals surface area contributed by atoms with Crippen LogP contribution in [0.5, 0.6) is 0 Å². The standard InChI is InChI=1S/C82H53N3/c1-5-22-54(23-6-1)62-48-63(55-24-7-2-8-25-55)50-64(49-62)58-40-44-60(45-41-58)79-83-80(61-46-42-59(43-47-61)68-30-13-14-31-69(68)67-52-65(56-26-9-3-10-27-56)51-66(53-67)57-28-11-4-12-29-57)85-81(84-79)73-35-21-39-77-78(73)72-34-17-20-38-76(72)82(77)74-36-18-15-32-70(74)71-33-16-19-37-75(71)82/h1-53H. The second kappa shape index (κ2) is 20.7. The van der Waals surface area contributed by atoms with E-state index in [1.54, 1.807) is 0 Å². The Balaban J connectivity index is 0.842. The molecule has 3 heteroatoms. The van der Waals surface area contributed by atoms with Crippen LogP contribution in [0.4, 0.5) is 0 Å². The smallest absolute Gasteiger partial charge is 0.164 e. The van der Waals surface area contributed by atoms with Gasteiger partial charge in [-0.3, -0.25) is 0 Å². The maximum absolute atomic E-state index is 5.52. The van der Waals surface area contributed by atoms with Crippen molar-refractivity contribution in [3.05, 3.63) is 344 Å². The fourth-order valence-electron chi connectivity index (χ4n) is 13.4. The van der Waals surface area contributed by atoms with E-state index in [0.717, 1.165) is 55.6 Å². The zero-order chi connectivity index (χ0) is 56.3. The molecule has 1 aromatic heterocycles. The second-order valence-corrected chi connectivity index (χ2v) is 22.2. The van der Waals surface area contributed by atoms with E-state index in [1.165, 1.54) is 83.5 Å². The lowest BCUT2D eigenvalue weighted by molar-refractivity contribution is 0.794. The van der Waals surface area contributed by atoms with Crippen LogP contribution in [0.1, 0.15) is 22.3 Å². The lowest BCUT2D eigenvalue weighted by atomic mass is 9.70. The van der Waals surface area contributed by atoms with Crippen LogP contribution < -0.4 is 0 Å². The Morgan fingerprint density at radius 3 is 0.882 bits per heavy atom. The monoisotopic (exact) mass is 1080 g/mol. The van der Waals surface area contributed by atoms with Gasteiger partial charge < -0.3 is 0 Å². The van der Waals surface area contributed by atoms with Gasteiger partial charge in [-0.1, -0.05) is 285 Å². The first kappa shape index (κ1) is 49.7. The summed E-state index contributed by atoms with van der Waals surface area (Å²) in [6, 6.07) is 116. The summed E-state index contributed by atoms with van der Waals surface area (Å²) in [6.45, 7) is 0. The summed E-state index contributed by atoms with van der Waals surface area (Å²) in [6.07, 6.45) is 0. The topological polar surface area (TPSA) is 38.7 Å². The quantitative estimate of drug-likeness (QED) is 0.137. The molecule has 396 valence electrons. The van der Waals surface area contributed by atoms with Crippen molar-refractivity contribution >= 4 is 0 Å². The molecule has 0 unspecified atom stereocenters. The van der Waals surface area contributed by atoms with Gasteiger partial charge in [-0.2, -0.15) is 0 Å². The number of hydrogen-bond donors (Lipinski definition) is 0. The summed E-state index contributed by atoms with van der Waals surface area (Å²) in [5, 5.41) is 0. The first-order valence-corrected chi connectivity index (χ1v) is 29.1. The summed E-state index contributed by atoms with van der Waals surface area (Å²) >= 11 is 0. The molecule has 2 aliphatic carbocycles. The summed E-state index contributed by atoms with van der Waals surface area (Å²) in [5.74, 6) is 1.83. The molecule has 0 saturated heterocycles. The number of aromatic nitrogens is 3. The third-order valence-corrected chi connectivity index (χ3v) is 17.4. The second-order valence-electron chi connectivity index (χ2n) is 22.2. The van der Waals surface area contributed by atoms with Crippen LogP contribution in [0.3, 0.4) is 0 Å². The molecule has 0 fully saturated rings. The Morgan fingerprint density at radius 2 is 0.447 bits per heavy atom. The van der Waals surface area contributed by atoms with Gasteiger partial charge in [0.15, 0.2) is 17.5 Å². The van der Waals surface area contributed by atoms with Crippen LogP contribution in [0.25, 0.3) is 134 Å². The molecule has 14 aromatic rings. The van der Waals surface area contributed by atoms with E-state index in [4.69, 9.17) is 15.0 Å². The molecule has 0 bridgehead atoms. The van der Waals surface area contributed by atoms with Crippen molar-refractivity contribution < 1.29 is 0 Å². The molecule has 85 heavy (non-hydrogen) atoms. The average Bonchev–Trinajstić information content (AvgIpc) is 1.52. The first-order chi connectivity index (χ1) is 42.1. The zero-order valence-electron chi connectivity index (χ0n) is 46.4. The van der Waals surface area contributed by atoms with Crippen LogP contribution in [0.2, 0.25) is 0 Å². The lowest BCUT2D eigenvalue weighted by Crippen LogP contribution is -2.25. The molecule has 1 spiro atoms. The molecule has 2 aliphatic rings. The van der Waals surface area contributed by atoms with Crippen molar-refractivity contribution in [3.8, 4) is 134 Å². The highest BCUT2D eigenvalue weighted by atomic mass is 15.0. The van der Waals surface area contributed by atoms with Gasteiger partial charge in [0.2, 0.25) is 0 Å². The fraction of sp³-hybridized carbons (Fsp3) is 0.0122. The molecular weight excluding hydrogens is 1030 g/mol. The van der Waals surface area contributed by atoms with Gasteiger partial charge in [0.1, 0.15) is 0 Å². The molecule has 0 atom stereocenters. The SMILES string of the molecule is c1ccc(-c2cc(-c3ccccc3)cc(-c3ccc(-c4nc(-c5ccc(-c6ccccc6-c6cc(-c7ccccc7)cc(-c7ccccc7)c6)cc5)nc(-c5cccc6c5-c5ccccc5C65c6ccccc6-c6ccccc65)n4)cc3)c2)cc1. The van der Waals surface area contributed by atoms with E-state index >= 15 is 0 Å². The third-order valence-electron chi connectivity index (χ3n) is 17.4. The lowest BCUT2D eigenvalue weighted by Gasteiger charge is -2.30. The number of nitrogens with zero attached hydrogens (tertiary/aromatic N) is 3. The third kappa shape index (κ3) is 8.55. The molecule has 13 aromatic carbocycles. The maximum Gasteiger partial charge on any atom is 0.164 e. The molecule has 16 rings (SSSR count). The molecule has 3 nitrogen and oxygen atoms in total. The van der Waals surface area contributed by atoms with Gasteiger partial charge in [0, 0.05) is 16.7 Å². The van der Waals surface area contributed by atoms with Crippen molar-refractivity contribution in [3.63, 3.8) is 0 Å². The van der Waals surface area contributed by atoms with Crippen LogP contribution in [0.15, 0.2) is 322 Å². The summed E-state index contributed by atoms with van der Waals surface area (Å²) in [5.41, 5.74) is 28.4. The van der Waals surface area contributed by atoms with Crippen molar-refractivity contribution in [1.29, 1.82) is 0 Å². The van der Waals surface area contributed by atoms with Gasteiger partial charge in [-0.15, -0.1) is 0 Å². The minimum atomic E-state index is -0.514. The Hall–Kier alpha value is -11.1. The van der Waals surface area contributed by atoms with Gasteiger partial charge in [-0.25, -0.2) is 15.0 Å². The van der Waals surface area contributed by atoms with Crippen molar-refractivity contribution in [2.24, 2.45) is 0 Å². The number of benzene rings is 13. The molecule has 0 aliphatic heterocycles. The van der Waals surface area contributed by atoms with E-state index in [2.05, 4.69) is 322 Å². The Kier molecular flexibility index (Phi) is 12.1. The minimum absolute atomic E-state index is 0.514. The van der Waals surface area contributed by atoms with Crippen molar-refractivity contribution in [2.45, 2.75) is 5.41 Å². The Morgan fingerprint density at radius 1 is 0.165 bits per heavy atom. The van der Waals surface area contributed by atoms with Gasteiger partial charge in [0.25, 0.3) is 0 Å². The summed E-state index contributed by atoms with van der Waals surface area (Å²) < 4.78 is 0. The number of rotatable bonds is 10. The largest absolute Gasteiger partial charge is 0.208 e. The van der Waals surface area contributed by atoms with Crippen LogP contribution >= 0.6 is 0 Å². The summed E-state index contributed by atoms with van der Waals surface area (Å²) in [4.78, 5) is 16.4. The Bertz CT molecular complexity index is 4680. The van der Waals surface area contributed by atoms with Crippen LogP contribution in [-0.4, -0.2) is 15.0 Å². The molecule has 0 amide bonds. The van der Waals surface area contributed by atoms with Crippen molar-refractivity contribution in [2.75, 3.05) is 0 Å². The number of fused-ring (bicyclic) bond motifs is 10. The van der Waals surface area contributed by atoms with E-state index < -0.39 is 5.41 Å². The normalized spacial score (nSPS) is 12.3. The predicted molar refractivity (Wildman–Crippen MR) is 350 cm³/mol. The minimum Gasteiger partial charge on any atom is -0.208 e. The van der Waals surface area contributed by atoms with E-state index in [1.807, 2.05) is 0 Å². The summed E-state index contributed by atoms with van der Waals surface area (Å²) in [7, 11) is 0. The van der Waals surface area contributed by atoms with Crippen molar-refractivity contribution in [1.82, 2.24) is 15.0 Å². The average molecular weight is 1080 g/mol. The molecule has 0 radical (unpaired) electrons. The highest BCUT2D eigenvalue weighted by Gasteiger charge is 2.52. The number of hydrogen-bond acceptors (Lipinski definition) is 3. The van der Waals surface area contributed by atoms with Gasteiger partial charge in [-0.05, 0) is 159 Å². The van der Waals surface area contributed by atoms with E-state index in [0.29, 0.717) is 17.5 Å². The fourth-order valence-corrected chi connectivity index (χ4v) is 13.4. The predicted octanol–water partition coefficient (Wildman–Crippen LogP) is 20.9. The van der Waals surface area contributed by atoms with Gasteiger partial charge in [0.05, 0.1) is 5.41 Å². The molecule has 1 heterocycles. The van der Waals surface area contributed by atoms with Gasteiger partial charge >= 0.3 is 0 Å².